The average molecular weight is 222 g/mol. The van der Waals surface area contributed by atoms with Crippen LogP contribution in [0.5, 0.6) is 0 Å². The van der Waals surface area contributed by atoms with Crippen LogP contribution in [0.3, 0.4) is 0 Å². The van der Waals surface area contributed by atoms with Crippen molar-refractivity contribution >= 4 is 11.8 Å². The molecule has 1 aromatic rings. The molecule has 1 saturated heterocycles. The maximum Gasteiger partial charge on any atom is 0.314 e. The molecule has 0 spiro atoms. The van der Waals surface area contributed by atoms with Crippen molar-refractivity contribution in [2.45, 2.75) is 18.9 Å². The summed E-state index contributed by atoms with van der Waals surface area (Å²) < 4.78 is 1.71. The summed E-state index contributed by atoms with van der Waals surface area (Å²) in [7, 11) is 0. The fraction of sp³-hybridized carbons (Fsp3) is 0.500. The molecule has 86 valence electrons. The van der Waals surface area contributed by atoms with Crippen LogP contribution >= 0.6 is 0 Å². The quantitative estimate of drug-likeness (QED) is 0.619. The summed E-state index contributed by atoms with van der Waals surface area (Å²) in [6.45, 7) is 5.42. The second kappa shape index (κ2) is 4.44. The van der Waals surface area contributed by atoms with Gasteiger partial charge in [0.1, 0.15) is 11.9 Å². The minimum absolute atomic E-state index is 0.0283. The van der Waals surface area contributed by atoms with Gasteiger partial charge in [-0.05, 0) is 25.5 Å². The lowest BCUT2D eigenvalue weighted by atomic mass is 10.1. The largest absolute Gasteiger partial charge is 0.315 e. The van der Waals surface area contributed by atoms with Crippen LogP contribution in [0.25, 0.3) is 6.08 Å². The molecule has 6 heteroatoms. The van der Waals surface area contributed by atoms with E-state index in [1.54, 1.807) is 4.68 Å². The molecule has 2 rings (SSSR count). The summed E-state index contributed by atoms with van der Waals surface area (Å²) in [5.74, 6) is 0. The molecule has 2 heterocycles. The number of nitrogens with one attached hydrogen (secondary N) is 1. The lowest BCUT2D eigenvalue weighted by Gasteiger charge is -2.23. The Balaban J connectivity index is 2.32. The average Bonchev–Trinajstić information content (AvgIpc) is 2.73. The van der Waals surface area contributed by atoms with Gasteiger partial charge in [0.05, 0.1) is 11.0 Å². The second-order valence-electron chi connectivity index (χ2n) is 3.82. The number of aromatic nitrogens is 2. The van der Waals surface area contributed by atoms with Crippen LogP contribution < -0.4 is 5.32 Å². The highest BCUT2D eigenvalue weighted by molar-refractivity contribution is 5.55. The molecular formula is C10H14N4O2. The van der Waals surface area contributed by atoms with Crippen molar-refractivity contribution in [3.8, 4) is 0 Å². The third-order valence-corrected chi connectivity index (χ3v) is 2.82. The molecule has 0 amide bonds. The van der Waals surface area contributed by atoms with Gasteiger partial charge in [0.15, 0.2) is 0 Å². The van der Waals surface area contributed by atoms with Crippen molar-refractivity contribution in [3.63, 3.8) is 0 Å². The molecule has 1 atom stereocenters. The van der Waals surface area contributed by atoms with Crippen molar-refractivity contribution in [1.29, 1.82) is 0 Å². The Morgan fingerprint density at radius 1 is 1.75 bits per heavy atom. The zero-order valence-electron chi connectivity index (χ0n) is 8.93. The molecule has 1 N–H and O–H groups in total. The van der Waals surface area contributed by atoms with Gasteiger partial charge in [0, 0.05) is 6.54 Å². The van der Waals surface area contributed by atoms with E-state index in [-0.39, 0.29) is 11.7 Å². The first-order chi connectivity index (χ1) is 7.74. The van der Waals surface area contributed by atoms with Gasteiger partial charge in [0.2, 0.25) is 0 Å². The Morgan fingerprint density at radius 3 is 3.12 bits per heavy atom. The molecule has 0 saturated carbocycles. The number of hydrogen-bond acceptors (Lipinski definition) is 4. The summed E-state index contributed by atoms with van der Waals surface area (Å²) in [4.78, 5) is 10.3. The molecule has 0 radical (unpaired) electrons. The Hall–Kier alpha value is -1.69. The van der Waals surface area contributed by atoms with Crippen LogP contribution in [0, 0.1) is 10.1 Å². The molecule has 1 aromatic heterocycles. The SMILES string of the molecule is C=Cc1c([N+](=O)[O-])cnn1C1CCCNC1. The van der Waals surface area contributed by atoms with Crippen LogP contribution in [-0.4, -0.2) is 27.8 Å². The predicted octanol–water partition coefficient (Wildman–Crippen LogP) is 1.36. The van der Waals surface area contributed by atoms with Gasteiger partial charge in [-0.1, -0.05) is 6.58 Å². The van der Waals surface area contributed by atoms with Crippen molar-refractivity contribution in [2.24, 2.45) is 0 Å². The molecule has 16 heavy (non-hydrogen) atoms. The zero-order chi connectivity index (χ0) is 11.5. The van der Waals surface area contributed by atoms with Crippen molar-refractivity contribution in [3.05, 3.63) is 28.6 Å². The summed E-state index contributed by atoms with van der Waals surface area (Å²) in [5, 5.41) is 18.1. The molecule has 1 aliphatic heterocycles. The van der Waals surface area contributed by atoms with Gasteiger partial charge in [-0.3, -0.25) is 14.8 Å². The van der Waals surface area contributed by atoms with E-state index >= 15 is 0 Å². The van der Waals surface area contributed by atoms with Crippen LogP contribution in [-0.2, 0) is 0 Å². The maximum atomic E-state index is 10.8. The third-order valence-electron chi connectivity index (χ3n) is 2.82. The zero-order valence-corrected chi connectivity index (χ0v) is 8.93. The van der Waals surface area contributed by atoms with Crippen molar-refractivity contribution in [2.75, 3.05) is 13.1 Å². The van der Waals surface area contributed by atoms with Gasteiger partial charge in [-0.15, -0.1) is 0 Å². The minimum Gasteiger partial charge on any atom is -0.315 e. The molecule has 1 fully saturated rings. The predicted molar refractivity (Wildman–Crippen MR) is 60.1 cm³/mol. The van der Waals surface area contributed by atoms with E-state index < -0.39 is 4.92 Å². The molecule has 0 bridgehead atoms. The van der Waals surface area contributed by atoms with Gasteiger partial charge in [0.25, 0.3) is 0 Å². The van der Waals surface area contributed by atoms with E-state index in [2.05, 4.69) is 17.0 Å². The third kappa shape index (κ3) is 1.83. The second-order valence-corrected chi connectivity index (χ2v) is 3.82. The summed E-state index contributed by atoms with van der Waals surface area (Å²) in [6.07, 6.45) is 4.85. The van der Waals surface area contributed by atoms with Crippen LogP contribution in [0.1, 0.15) is 24.6 Å². The standard InChI is InChI=1S/C10H14N4O2/c1-2-9-10(14(15)16)7-12-13(9)8-4-3-5-11-6-8/h2,7-8,11H,1,3-6H2. The fourth-order valence-corrected chi connectivity index (χ4v) is 2.03. The molecule has 1 aliphatic rings. The van der Waals surface area contributed by atoms with E-state index in [0.29, 0.717) is 5.69 Å². The highest BCUT2D eigenvalue weighted by Crippen LogP contribution is 2.25. The number of rotatable bonds is 3. The first-order valence-corrected chi connectivity index (χ1v) is 5.29. The van der Waals surface area contributed by atoms with Crippen LogP contribution in [0.2, 0.25) is 0 Å². The highest BCUT2D eigenvalue weighted by Gasteiger charge is 2.24. The van der Waals surface area contributed by atoms with E-state index in [1.165, 1.54) is 12.3 Å². The lowest BCUT2D eigenvalue weighted by molar-refractivity contribution is -0.385. The van der Waals surface area contributed by atoms with Gasteiger partial charge >= 0.3 is 5.69 Å². The Kier molecular flexibility index (Phi) is 3.00. The van der Waals surface area contributed by atoms with E-state index in [9.17, 15) is 10.1 Å². The number of piperidine rings is 1. The maximum absolute atomic E-state index is 10.8. The normalized spacial score (nSPS) is 20.6. The topological polar surface area (TPSA) is 73.0 Å². The van der Waals surface area contributed by atoms with E-state index in [1.807, 2.05) is 0 Å². The van der Waals surface area contributed by atoms with E-state index in [4.69, 9.17) is 0 Å². The molecular weight excluding hydrogens is 208 g/mol. The van der Waals surface area contributed by atoms with Crippen molar-refractivity contribution in [1.82, 2.24) is 15.1 Å². The minimum atomic E-state index is -0.420. The molecule has 1 unspecified atom stereocenters. The Labute approximate surface area is 93.1 Å². The Bertz CT molecular complexity index is 407. The molecule has 6 nitrogen and oxygen atoms in total. The monoisotopic (exact) mass is 222 g/mol. The van der Waals surface area contributed by atoms with Crippen LogP contribution in [0.4, 0.5) is 5.69 Å². The van der Waals surface area contributed by atoms with Crippen molar-refractivity contribution < 1.29 is 4.92 Å². The summed E-state index contributed by atoms with van der Waals surface area (Å²) >= 11 is 0. The van der Waals surface area contributed by atoms with E-state index in [0.717, 1.165) is 25.9 Å². The first kappa shape index (κ1) is 10.8. The summed E-state index contributed by atoms with van der Waals surface area (Å²) in [5.41, 5.74) is 0.527. The van der Waals surface area contributed by atoms with Gasteiger partial charge in [-0.2, -0.15) is 5.10 Å². The van der Waals surface area contributed by atoms with Gasteiger partial charge in [-0.25, -0.2) is 0 Å². The number of nitro groups is 1. The smallest absolute Gasteiger partial charge is 0.314 e. The Morgan fingerprint density at radius 2 is 2.56 bits per heavy atom. The first-order valence-electron chi connectivity index (χ1n) is 5.29. The molecule has 0 aromatic carbocycles. The number of hydrogen-bond donors (Lipinski definition) is 1. The fourth-order valence-electron chi connectivity index (χ4n) is 2.03. The van der Waals surface area contributed by atoms with Gasteiger partial charge < -0.3 is 5.32 Å². The lowest BCUT2D eigenvalue weighted by Crippen LogP contribution is -2.32. The summed E-state index contributed by atoms with van der Waals surface area (Å²) in [6, 6.07) is 0.190. The number of nitrogens with zero attached hydrogens (tertiary/aromatic N) is 3. The van der Waals surface area contributed by atoms with Crippen LogP contribution in [0.15, 0.2) is 12.8 Å². The highest BCUT2D eigenvalue weighted by atomic mass is 16.6. The molecule has 0 aliphatic carbocycles.